The molecule has 2 N–H and O–H groups in total. The van der Waals surface area contributed by atoms with Gasteiger partial charge in [0.15, 0.2) is 5.96 Å². The summed E-state index contributed by atoms with van der Waals surface area (Å²) in [5, 5.41) is 6.27. The van der Waals surface area contributed by atoms with Gasteiger partial charge in [-0.2, -0.15) is 0 Å². The van der Waals surface area contributed by atoms with Gasteiger partial charge in [0.2, 0.25) is 0 Å². The van der Waals surface area contributed by atoms with E-state index in [1.54, 1.807) is 19.3 Å². The topological polar surface area (TPSA) is 58.5 Å². The third-order valence-electron chi connectivity index (χ3n) is 4.00. The Labute approximate surface area is 160 Å². The van der Waals surface area contributed by atoms with Crippen molar-refractivity contribution in [1.82, 2.24) is 15.6 Å². The van der Waals surface area contributed by atoms with Gasteiger partial charge in [-0.15, -0.1) is 24.0 Å². The Morgan fingerprint density at radius 1 is 1.33 bits per heavy atom. The molecule has 1 aromatic heterocycles. The minimum Gasteiger partial charge on any atom is -0.378 e. The maximum absolute atomic E-state index is 13.5. The Morgan fingerprint density at radius 2 is 2.12 bits per heavy atom. The zero-order chi connectivity index (χ0) is 16.3. The van der Waals surface area contributed by atoms with Crippen molar-refractivity contribution < 1.29 is 9.13 Å². The van der Waals surface area contributed by atoms with Crippen molar-refractivity contribution in [2.45, 2.75) is 51.2 Å². The number of pyridine rings is 1. The largest absolute Gasteiger partial charge is 0.378 e. The number of guanidine groups is 1. The van der Waals surface area contributed by atoms with Crippen molar-refractivity contribution in [1.29, 1.82) is 0 Å². The van der Waals surface area contributed by atoms with Crippen LogP contribution in [0, 0.1) is 5.82 Å². The van der Waals surface area contributed by atoms with E-state index in [-0.39, 0.29) is 29.8 Å². The van der Waals surface area contributed by atoms with Crippen LogP contribution < -0.4 is 10.6 Å². The summed E-state index contributed by atoms with van der Waals surface area (Å²) in [4.78, 5) is 8.13. The monoisotopic (exact) mass is 450 g/mol. The average molecular weight is 450 g/mol. The molecule has 0 bridgehead atoms. The summed E-state index contributed by atoms with van der Waals surface area (Å²) in [6, 6.07) is 2.99. The SMILES string of the molecule is CN=C(NCCCOC1CCCCC1)NCc1ncccc1F.I. The van der Waals surface area contributed by atoms with E-state index in [4.69, 9.17) is 4.74 Å². The van der Waals surface area contributed by atoms with E-state index in [1.165, 1.54) is 38.2 Å². The number of aromatic nitrogens is 1. The van der Waals surface area contributed by atoms with E-state index in [0.29, 0.717) is 24.3 Å². The molecule has 0 atom stereocenters. The van der Waals surface area contributed by atoms with Crippen molar-refractivity contribution in [3.63, 3.8) is 0 Å². The molecule has 1 saturated carbocycles. The highest BCUT2D eigenvalue weighted by Gasteiger charge is 2.13. The van der Waals surface area contributed by atoms with Crippen LogP contribution in [-0.4, -0.2) is 37.2 Å². The van der Waals surface area contributed by atoms with Gasteiger partial charge in [-0.3, -0.25) is 9.98 Å². The third kappa shape index (κ3) is 7.74. The van der Waals surface area contributed by atoms with E-state index in [1.807, 2.05) is 0 Å². The molecule has 0 aromatic carbocycles. The normalized spacial score (nSPS) is 15.7. The number of hydrogen-bond acceptors (Lipinski definition) is 3. The summed E-state index contributed by atoms with van der Waals surface area (Å²) >= 11 is 0. The van der Waals surface area contributed by atoms with Crippen LogP contribution in [0.25, 0.3) is 0 Å². The molecular formula is C17H28FIN4O. The molecule has 24 heavy (non-hydrogen) atoms. The molecule has 136 valence electrons. The number of aliphatic imine (C=N–C) groups is 1. The summed E-state index contributed by atoms with van der Waals surface area (Å²) in [5.41, 5.74) is 0.385. The number of ether oxygens (including phenoxy) is 1. The molecule has 1 aromatic rings. The predicted octanol–water partition coefficient (Wildman–Crippen LogP) is 3.24. The maximum Gasteiger partial charge on any atom is 0.191 e. The molecule has 0 aliphatic heterocycles. The molecule has 0 saturated heterocycles. The molecule has 0 radical (unpaired) electrons. The van der Waals surface area contributed by atoms with Gasteiger partial charge in [0.25, 0.3) is 0 Å². The van der Waals surface area contributed by atoms with E-state index < -0.39 is 0 Å². The average Bonchev–Trinajstić information content (AvgIpc) is 2.59. The fraction of sp³-hybridized carbons (Fsp3) is 0.647. The first-order valence-electron chi connectivity index (χ1n) is 8.45. The van der Waals surface area contributed by atoms with Gasteiger partial charge in [0.1, 0.15) is 5.82 Å². The minimum absolute atomic E-state index is 0. The van der Waals surface area contributed by atoms with Crippen molar-refractivity contribution in [2.75, 3.05) is 20.2 Å². The zero-order valence-corrected chi connectivity index (χ0v) is 16.6. The third-order valence-corrected chi connectivity index (χ3v) is 4.00. The van der Waals surface area contributed by atoms with Crippen LogP contribution in [-0.2, 0) is 11.3 Å². The van der Waals surface area contributed by atoms with E-state index in [9.17, 15) is 4.39 Å². The smallest absolute Gasteiger partial charge is 0.191 e. The van der Waals surface area contributed by atoms with E-state index in [0.717, 1.165) is 19.6 Å². The lowest BCUT2D eigenvalue weighted by molar-refractivity contribution is 0.0277. The van der Waals surface area contributed by atoms with Gasteiger partial charge in [0.05, 0.1) is 18.3 Å². The number of rotatable bonds is 7. The number of hydrogen-bond donors (Lipinski definition) is 2. The number of nitrogens with one attached hydrogen (secondary N) is 2. The Morgan fingerprint density at radius 3 is 2.83 bits per heavy atom. The molecule has 1 aliphatic carbocycles. The highest BCUT2D eigenvalue weighted by atomic mass is 127. The van der Waals surface area contributed by atoms with Gasteiger partial charge >= 0.3 is 0 Å². The number of halogens is 2. The van der Waals surface area contributed by atoms with Gasteiger partial charge in [-0.1, -0.05) is 19.3 Å². The molecule has 0 spiro atoms. The quantitative estimate of drug-likeness (QED) is 0.290. The summed E-state index contributed by atoms with van der Waals surface area (Å²) in [6.07, 6.45) is 9.30. The van der Waals surface area contributed by atoms with Crippen LogP contribution >= 0.6 is 24.0 Å². The Kier molecular flexibility index (Phi) is 10.9. The lowest BCUT2D eigenvalue weighted by atomic mass is 9.98. The Hall–Kier alpha value is -0.960. The van der Waals surface area contributed by atoms with Crippen molar-refractivity contribution in [3.05, 3.63) is 29.8 Å². The van der Waals surface area contributed by atoms with Gasteiger partial charge in [0, 0.05) is 26.4 Å². The summed E-state index contributed by atoms with van der Waals surface area (Å²) < 4.78 is 19.4. The van der Waals surface area contributed by atoms with Crippen molar-refractivity contribution in [2.24, 2.45) is 4.99 Å². The van der Waals surface area contributed by atoms with Gasteiger partial charge < -0.3 is 15.4 Å². The van der Waals surface area contributed by atoms with Crippen LogP contribution in [0.2, 0.25) is 0 Å². The van der Waals surface area contributed by atoms with Crippen LogP contribution in [0.4, 0.5) is 4.39 Å². The molecule has 5 nitrogen and oxygen atoms in total. The standard InChI is InChI=1S/C17H27FN4O.HI/c1-19-17(22-13-16-15(18)9-5-10-20-16)21-11-6-12-23-14-7-3-2-4-8-14;/h5,9-10,14H,2-4,6-8,11-13H2,1H3,(H2,19,21,22);1H. The predicted molar refractivity (Wildman–Crippen MR) is 105 cm³/mol. The number of nitrogens with zero attached hydrogens (tertiary/aromatic N) is 2. The molecule has 0 amide bonds. The first kappa shape index (κ1) is 21.1. The lowest BCUT2D eigenvalue weighted by Gasteiger charge is -2.22. The second-order valence-corrected chi connectivity index (χ2v) is 5.77. The molecule has 1 fully saturated rings. The molecule has 1 heterocycles. The van der Waals surface area contributed by atoms with Crippen LogP contribution in [0.15, 0.2) is 23.3 Å². The van der Waals surface area contributed by atoms with E-state index >= 15 is 0 Å². The summed E-state index contributed by atoms with van der Waals surface area (Å²) in [5.74, 6) is 0.337. The summed E-state index contributed by atoms with van der Waals surface area (Å²) in [7, 11) is 1.70. The zero-order valence-electron chi connectivity index (χ0n) is 14.3. The lowest BCUT2D eigenvalue weighted by Crippen LogP contribution is -2.38. The molecule has 1 aliphatic rings. The van der Waals surface area contributed by atoms with Crippen LogP contribution in [0.5, 0.6) is 0 Å². The maximum atomic E-state index is 13.5. The Balaban J connectivity index is 0.00000288. The van der Waals surface area contributed by atoms with Crippen LogP contribution in [0.1, 0.15) is 44.2 Å². The summed E-state index contributed by atoms with van der Waals surface area (Å²) in [6.45, 7) is 1.85. The highest BCUT2D eigenvalue weighted by Crippen LogP contribution is 2.20. The Bertz CT molecular complexity index is 495. The van der Waals surface area contributed by atoms with Crippen LogP contribution in [0.3, 0.4) is 0 Å². The molecular weight excluding hydrogens is 422 g/mol. The second kappa shape index (κ2) is 12.4. The van der Waals surface area contributed by atoms with Gasteiger partial charge in [-0.05, 0) is 31.4 Å². The van der Waals surface area contributed by atoms with Crippen molar-refractivity contribution in [3.8, 4) is 0 Å². The fourth-order valence-electron chi connectivity index (χ4n) is 2.70. The molecule has 7 heteroatoms. The van der Waals surface area contributed by atoms with Crippen molar-refractivity contribution >= 4 is 29.9 Å². The fourth-order valence-corrected chi connectivity index (χ4v) is 2.70. The first-order chi connectivity index (χ1) is 11.3. The second-order valence-electron chi connectivity index (χ2n) is 5.77. The van der Waals surface area contributed by atoms with E-state index in [2.05, 4.69) is 20.6 Å². The minimum atomic E-state index is -0.309. The highest BCUT2D eigenvalue weighted by molar-refractivity contribution is 14.0. The molecule has 2 rings (SSSR count). The molecule has 0 unspecified atom stereocenters. The first-order valence-corrected chi connectivity index (χ1v) is 8.45. The van der Waals surface area contributed by atoms with Gasteiger partial charge in [-0.25, -0.2) is 4.39 Å².